The number of aromatic nitrogens is 4. The Morgan fingerprint density at radius 3 is 2.46 bits per heavy atom. The predicted molar refractivity (Wildman–Crippen MR) is 152 cm³/mol. The van der Waals surface area contributed by atoms with E-state index in [4.69, 9.17) is 0 Å². The van der Waals surface area contributed by atoms with Gasteiger partial charge in [-0.3, -0.25) is 14.5 Å². The maximum absolute atomic E-state index is 13.1. The highest BCUT2D eigenvalue weighted by Gasteiger charge is 2.28. The Kier molecular flexibility index (Phi) is 10.3. The molecule has 1 aliphatic heterocycles. The number of unbranched alkanes of at least 4 members (excludes halogenated alkanes) is 1. The summed E-state index contributed by atoms with van der Waals surface area (Å²) < 4.78 is 2.00. The van der Waals surface area contributed by atoms with Crippen LogP contribution >= 0.6 is 0 Å². The van der Waals surface area contributed by atoms with Crippen molar-refractivity contribution in [3.63, 3.8) is 0 Å². The molecule has 1 aliphatic rings. The highest BCUT2D eigenvalue weighted by Crippen LogP contribution is 2.23. The normalized spacial score (nSPS) is 15.4. The number of hydrogen-bond donors (Lipinski definition) is 3. The molecule has 0 radical (unpaired) electrons. The lowest BCUT2D eigenvalue weighted by molar-refractivity contribution is -0.118. The third kappa shape index (κ3) is 8.00. The molecule has 2 amide bonds. The number of imidazole rings is 2. The van der Waals surface area contributed by atoms with Gasteiger partial charge >= 0.3 is 0 Å². The van der Waals surface area contributed by atoms with Crippen LogP contribution in [0.3, 0.4) is 0 Å². The average molecular weight is 535 g/mol. The first-order valence-electron chi connectivity index (χ1n) is 14.1. The van der Waals surface area contributed by atoms with Gasteiger partial charge < -0.3 is 25.1 Å². The highest BCUT2D eigenvalue weighted by molar-refractivity contribution is 6.09. The van der Waals surface area contributed by atoms with Gasteiger partial charge in [0.2, 0.25) is 5.91 Å². The fourth-order valence-corrected chi connectivity index (χ4v) is 5.14. The summed E-state index contributed by atoms with van der Waals surface area (Å²) in [5.74, 6) is 1.44. The van der Waals surface area contributed by atoms with Gasteiger partial charge in [0.1, 0.15) is 17.7 Å². The van der Waals surface area contributed by atoms with E-state index in [1.54, 1.807) is 12.4 Å². The van der Waals surface area contributed by atoms with Crippen LogP contribution in [-0.2, 0) is 31.5 Å². The van der Waals surface area contributed by atoms with Crippen molar-refractivity contribution in [2.24, 2.45) is 7.05 Å². The van der Waals surface area contributed by atoms with Gasteiger partial charge in [-0.05, 0) is 69.4 Å². The molecule has 10 nitrogen and oxygen atoms in total. The molecule has 1 atom stereocenters. The van der Waals surface area contributed by atoms with Crippen LogP contribution in [-0.4, -0.2) is 66.8 Å². The van der Waals surface area contributed by atoms with Gasteiger partial charge in [0.05, 0.1) is 24.3 Å². The zero-order valence-corrected chi connectivity index (χ0v) is 23.4. The van der Waals surface area contributed by atoms with E-state index in [-0.39, 0.29) is 11.8 Å². The SMILES string of the molecule is CCCN(CCC)CCCCC1NC(=O)c2ccc(CN(Cc3ncc[nH]3)Cc3nccn3C)cc2NC1=O. The van der Waals surface area contributed by atoms with Crippen molar-refractivity contribution < 1.29 is 9.59 Å². The first-order valence-corrected chi connectivity index (χ1v) is 14.1. The van der Waals surface area contributed by atoms with Crippen molar-refractivity contribution in [1.29, 1.82) is 0 Å². The molecule has 0 saturated carbocycles. The molecule has 3 N–H and O–H groups in total. The van der Waals surface area contributed by atoms with Crippen LogP contribution in [0.2, 0.25) is 0 Å². The highest BCUT2D eigenvalue weighted by atomic mass is 16.2. The van der Waals surface area contributed by atoms with Crippen LogP contribution in [0, 0.1) is 0 Å². The van der Waals surface area contributed by atoms with Crippen LogP contribution in [0.5, 0.6) is 0 Å². The minimum absolute atomic E-state index is 0.154. The molecule has 1 aromatic carbocycles. The largest absolute Gasteiger partial charge is 0.348 e. The van der Waals surface area contributed by atoms with E-state index in [0.29, 0.717) is 37.3 Å². The van der Waals surface area contributed by atoms with Gasteiger partial charge in [0, 0.05) is 38.4 Å². The minimum atomic E-state index is -0.530. The quantitative estimate of drug-likeness (QED) is 0.257. The number of anilines is 1. The number of aromatic amines is 1. The van der Waals surface area contributed by atoms with Crippen LogP contribution in [0.25, 0.3) is 0 Å². The Morgan fingerprint density at radius 1 is 0.949 bits per heavy atom. The van der Waals surface area contributed by atoms with Gasteiger partial charge in [-0.25, -0.2) is 9.97 Å². The standard InChI is InChI=1S/C29H42N8O2/c1-4-14-36(15-5-2)16-7-6-8-24-29(39)34-25-18-22(9-10-23(25)28(38)33-24)19-37(20-26-30-11-12-31-26)21-27-32-13-17-35(27)3/h9-13,17-18,24H,4-8,14-16,19-21H2,1-3H3,(H,30,31)(H,33,38)(H,34,39). The number of nitrogens with zero attached hydrogens (tertiary/aromatic N) is 5. The second-order valence-corrected chi connectivity index (χ2v) is 10.4. The van der Waals surface area contributed by atoms with Gasteiger partial charge in [-0.2, -0.15) is 0 Å². The first-order chi connectivity index (χ1) is 19.0. The van der Waals surface area contributed by atoms with Crippen molar-refractivity contribution >= 4 is 17.5 Å². The molecule has 0 bridgehead atoms. The molecule has 3 heterocycles. The molecule has 1 unspecified atom stereocenters. The van der Waals surface area contributed by atoms with Crippen molar-refractivity contribution in [2.75, 3.05) is 25.0 Å². The molecular weight excluding hydrogens is 492 g/mol. The van der Waals surface area contributed by atoms with E-state index < -0.39 is 6.04 Å². The second-order valence-electron chi connectivity index (χ2n) is 10.4. The van der Waals surface area contributed by atoms with Crippen LogP contribution in [0.15, 0.2) is 43.0 Å². The molecule has 39 heavy (non-hydrogen) atoms. The number of carbonyl (C=O) groups excluding carboxylic acids is 2. The van der Waals surface area contributed by atoms with Gasteiger partial charge in [0.25, 0.3) is 5.91 Å². The third-order valence-corrected chi connectivity index (χ3v) is 7.13. The summed E-state index contributed by atoms with van der Waals surface area (Å²) in [6, 6.07) is 5.14. The summed E-state index contributed by atoms with van der Waals surface area (Å²) in [5.41, 5.74) is 2.05. The lowest BCUT2D eigenvalue weighted by Gasteiger charge is -2.22. The Labute approximate surface area is 231 Å². The topological polar surface area (TPSA) is 111 Å². The fourth-order valence-electron chi connectivity index (χ4n) is 5.14. The molecule has 0 saturated heterocycles. The Hall–Kier alpha value is -3.50. The number of rotatable bonds is 15. The van der Waals surface area contributed by atoms with E-state index in [2.05, 4.69) is 49.2 Å². The number of amides is 2. The summed E-state index contributed by atoms with van der Waals surface area (Å²) in [6.07, 6.45) is 12.1. The summed E-state index contributed by atoms with van der Waals surface area (Å²) >= 11 is 0. The Bertz CT molecular complexity index is 1200. The van der Waals surface area contributed by atoms with Gasteiger partial charge in [-0.1, -0.05) is 19.9 Å². The molecule has 3 aromatic rings. The van der Waals surface area contributed by atoms with Gasteiger partial charge in [-0.15, -0.1) is 0 Å². The smallest absolute Gasteiger partial charge is 0.254 e. The maximum atomic E-state index is 13.1. The third-order valence-electron chi connectivity index (χ3n) is 7.13. The van der Waals surface area contributed by atoms with E-state index in [0.717, 1.165) is 62.5 Å². The van der Waals surface area contributed by atoms with Gasteiger partial charge in [0.15, 0.2) is 0 Å². The molecule has 4 rings (SSSR count). The second kappa shape index (κ2) is 14.0. The molecule has 0 aliphatic carbocycles. The van der Waals surface area contributed by atoms with E-state index in [1.807, 2.05) is 42.2 Å². The molecule has 0 spiro atoms. The van der Waals surface area contributed by atoms with Crippen LogP contribution in [0.1, 0.15) is 73.5 Å². The van der Waals surface area contributed by atoms with E-state index in [1.165, 1.54) is 0 Å². The molecule has 210 valence electrons. The van der Waals surface area contributed by atoms with Crippen LogP contribution in [0.4, 0.5) is 5.69 Å². The average Bonchev–Trinajstić information content (AvgIpc) is 3.55. The number of hydrogen-bond acceptors (Lipinski definition) is 6. The maximum Gasteiger partial charge on any atom is 0.254 e. The zero-order chi connectivity index (χ0) is 27.6. The number of aryl methyl sites for hydroxylation is 1. The molecular formula is C29H42N8O2. The number of benzene rings is 1. The number of fused-ring (bicyclic) bond motifs is 1. The van der Waals surface area contributed by atoms with E-state index in [9.17, 15) is 9.59 Å². The number of carbonyl (C=O) groups is 2. The zero-order valence-electron chi connectivity index (χ0n) is 23.4. The molecule has 0 fully saturated rings. The lowest BCUT2D eigenvalue weighted by Crippen LogP contribution is -2.41. The number of H-pyrrole nitrogens is 1. The monoisotopic (exact) mass is 534 g/mol. The number of nitrogens with one attached hydrogen (secondary N) is 3. The fraction of sp³-hybridized carbons (Fsp3) is 0.517. The summed E-state index contributed by atoms with van der Waals surface area (Å²) in [4.78, 5) is 42.8. The van der Waals surface area contributed by atoms with E-state index >= 15 is 0 Å². The van der Waals surface area contributed by atoms with Crippen molar-refractivity contribution in [3.05, 3.63) is 65.8 Å². The van der Waals surface area contributed by atoms with Crippen molar-refractivity contribution in [1.82, 2.24) is 34.6 Å². The van der Waals surface area contributed by atoms with Crippen molar-refractivity contribution in [3.8, 4) is 0 Å². The lowest BCUT2D eigenvalue weighted by atomic mass is 10.1. The summed E-state index contributed by atoms with van der Waals surface area (Å²) in [6.45, 7) is 9.49. The first kappa shape index (κ1) is 28.5. The minimum Gasteiger partial charge on any atom is -0.348 e. The van der Waals surface area contributed by atoms with Crippen molar-refractivity contribution in [2.45, 2.75) is 71.6 Å². The van der Waals surface area contributed by atoms with Crippen LogP contribution < -0.4 is 10.6 Å². The predicted octanol–water partition coefficient (Wildman–Crippen LogP) is 3.69. The Morgan fingerprint density at radius 2 is 1.77 bits per heavy atom. The summed E-state index contributed by atoms with van der Waals surface area (Å²) in [7, 11) is 1.98. The summed E-state index contributed by atoms with van der Waals surface area (Å²) in [5, 5.41) is 5.97. The Balaban J connectivity index is 1.39. The molecule has 10 heteroatoms. The molecule has 2 aromatic heterocycles.